The van der Waals surface area contributed by atoms with Crippen LogP contribution in [0.15, 0.2) is 36.5 Å². The van der Waals surface area contributed by atoms with Crippen LogP contribution in [0.4, 0.5) is 18.9 Å². The van der Waals surface area contributed by atoms with Gasteiger partial charge in [0.05, 0.1) is 17.9 Å². The quantitative estimate of drug-likeness (QED) is 0.862. The molecule has 0 radical (unpaired) electrons. The number of carbonyl (C=O) groups is 1. The molecule has 0 spiro atoms. The van der Waals surface area contributed by atoms with Gasteiger partial charge in [0.15, 0.2) is 0 Å². The number of hydrogen-bond acceptors (Lipinski definition) is 4. The van der Waals surface area contributed by atoms with E-state index in [1.54, 1.807) is 23.9 Å². The number of nitrogens with zero attached hydrogens (tertiary/aromatic N) is 2. The van der Waals surface area contributed by atoms with Gasteiger partial charge < -0.3 is 5.32 Å². The first-order valence-electron chi connectivity index (χ1n) is 6.79. The van der Waals surface area contributed by atoms with Gasteiger partial charge in [0.2, 0.25) is 5.91 Å². The van der Waals surface area contributed by atoms with E-state index in [0.29, 0.717) is 11.4 Å². The highest BCUT2D eigenvalue weighted by atomic mass is 35.5. The summed E-state index contributed by atoms with van der Waals surface area (Å²) in [6.45, 7) is 0. The number of thioether (sulfide) groups is 1. The second kappa shape index (κ2) is 7.45. The molecule has 1 aliphatic heterocycles. The van der Waals surface area contributed by atoms with E-state index in [4.69, 9.17) is 0 Å². The predicted molar refractivity (Wildman–Crippen MR) is 88.7 cm³/mol. The summed E-state index contributed by atoms with van der Waals surface area (Å²) in [4.78, 5) is 12.0. The second-order valence-corrected chi connectivity index (χ2v) is 5.96. The van der Waals surface area contributed by atoms with E-state index < -0.39 is 11.9 Å². The molecule has 1 unspecified atom stereocenters. The van der Waals surface area contributed by atoms with Gasteiger partial charge in [-0.05, 0) is 30.3 Å². The topological polar surface area (TPSA) is 59.0 Å². The molecule has 10 heteroatoms. The van der Waals surface area contributed by atoms with Gasteiger partial charge in [0.1, 0.15) is 5.69 Å². The van der Waals surface area contributed by atoms with E-state index in [0.717, 1.165) is 22.8 Å². The fourth-order valence-electron chi connectivity index (χ4n) is 2.20. The Balaban J connectivity index is 0.00000208. The molecule has 5 nitrogen and oxygen atoms in total. The molecule has 2 N–H and O–H groups in total. The fraction of sp³-hybridized carbons (Fsp3) is 0.286. The van der Waals surface area contributed by atoms with Crippen LogP contribution in [0.5, 0.6) is 0 Å². The normalized spacial score (nSPS) is 17.4. The molecule has 3 rings (SSSR count). The zero-order chi connectivity index (χ0) is 16.4. The van der Waals surface area contributed by atoms with Crippen molar-refractivity contribution in [2.45, 2.75) is 12.2 Å². The van der Waals surface area contributed by atoms with Crippen molar-refractivity contribution in [1.29, 1.82) is 0 Å². The third kappa shape index (κ3) is 4.03. The maximum Gasteiger partial charge on any atom is 0.433 e. The number of nitrogens with one attached hydrogen (secondary N) is 2. The summed E-state index contributed by atoms with van der Waals surface area (Å²) in [5, 5.41) is 9.48. The fourth-order valence-corrected chi connectivity index (χ4v) is 3.14. The molecule has 1 atom stereocenters. The summed E-state index contributed by atoms with van der Waals surface area (Å²) in [5.74, 6) is 1.28. The largest absolute Gasteiger partial charge is 0.433 e. The molecular weight excluding hydrogens is 365 g/mol. The summed E-state index contributed by atoms with van der Waals surface area (Å²) in [6, 6.07) is 6.74. The van der Waals surface area contributed by atoms with E-state index in [9.17, 15) is 18.0 Å². The molecule has 1 fully saturated rings. The standard InChI is InChI=1S/C14H13F3N4OS.ClH/c15-14(16,17)12-5-6-19-21(12)10-3-1-9(2-4-10)20-13(22)11-7-23-8-18-11;/h1-6,11,18H,7-8H2,(H,20,22);1H. The van der Waals surface area contributed by atoms with Gasteiger partial charge in [-0.1, -0.05) is 0 Å². The first kappa shape index (κ1) is 18.6. The van der Waals surface area contributed by atoms with Crippen molar-refractivity contribution < 1.29 is 18.0 Å². The molecule has 1 saturated heterocycles. The average molecular weight is 379 g/mol. The zero-order valence-corrected chi connectivity index (χ0v) is 13.8. The van der Waals surface area contributed by atoms with Gasteiger partial charge >= 0.3 is 6.18 Å². The number of benzene rings is 1. The minimum atomic E-state index is -4.48. The van der Waals surface area contributed by atoms with Crippen LogP contribution in [0.2, 0.25) is 0 Å². The molecule has 24 heavy (non-hydrogen) atoms. The van der Waals surface area contributed by atoms with Crippen LogP contribution in [-0.4, -0.2) is 33.4 Å². The van der Waals surface area contributed by atoms with E-state index >= 15 is 0 Å². The number of alkyl halides is 3. The Morgan fingerprint density at radius 3 is 2.58 bits per heavy atom. The summed E-state index contributed by atoms with van der Waals surface area (Å²) in [7, 11) is 0. The van der Waals surface area contributed by atoms with Gasteiger partial charge in [-0.15, -0.1) is 24.2 Å². The van der Waals surface area contributed by atoms with E-state index in [-0.39, 0.29) is 30.0 Å². The van der Waals surface area contributed by atoms with Crippen molar-refractivity contribution in [2.24, 2.45) is 0 Å². The lowest BCUT2D eigenvalue weighted by Gasteiger charge is -2.12. The van der Waals surface area contributed by atoms with Crippen LogP contribution in [0, 0.1) is 0 Å². The maximum absolute atomic E-state index is 12.9. The van der Waals surface area contributed by atoms with Crippen LogP contribution >= 0.6 is 24.2 Å². The summed E-state index contributed by atoms with van der Waals surface area (Å²) in [6.07, 6.45) is -3.38. The molecular formula is C14H14ClF3N4OS. The van der Waals surface area contributed by atoms with Crippen LogP contribution in [0.25, 0.3) is 5.69 Å². The monoisotopic (exact) mass is 378 g/mol. The van der Waals surface area contributed by atoms with Crippen molar-refractivity contribution in [3.8, 4) is 5.69 Å². The van der Waals surface area contributed by atoms with Gasteiger partial charge in [-0.3, -0.25) is 10.1 Å². The molecule has 0 aliphatic carbocycles. The number of hydrogen-bond donors (Lipinski definition) is 2. The van der Waals surface area contributed by atoms with Crippen molar-refractivity contribution in [1.82, 2.24) is 15.1 Å². The highest BCUT2D eigenvalue weighted by Crippen LogP contribution is 2.30. The number of amides is 1. The molecule has 0 bridgehead atoms. The highest BCUT2D eigenvalue weighted by Gasteiger charge is 2.35. The molecule has 2 heterocycles. The zero-order valence-electron chi connectivity index (χ0n) is 12.2. The molecule has 1 amide bonds. The Morgan fingerprint density at radius 1 is 1.29 bits per heavy atom. The Bertz CT molecular complexity index is 699. The summed E-state index contributed by atoms with van der Waals surface area (Å²) < 4.78 is 39.4. The van der Waals surface area contributed by atoms with Crippen molar-refractivity contribution >= 4 is 35.8 Å². The van der Waals surface area contributed by atoms with Crippen molar-refractivity contribution in [3.63, 3.8) is 0 Å². The first-order valence-corrected chi connectivity index (χ1v) is 7.94. The number of rotatable bonds is 3. The van der Waals surface area contributed by atoms with Crippen LogP contribution in [0.1, 0.15) is 5.69 Å². The number of halogens is 4. The molecule has 1 aromatic heterocycles. The van der Waals surface area contributed by atoms with E-state index in [2.05, 4.69) is 15.7 Å². The van der Waals surface area contributed by atoms with E-state index in [1.165, 1.54) is 12.1 Å². The SMILES string of the molecule is Cl.O=C(Nc1ccc(-n2nccc2C(F)(F)F)cc1)C1CSCN1. The van der Waals surface area contributed by atoms with Gasteiger partial charge in [0, 0.05) is 17.3 Å². The number of aromatic nitrogens is 2. The third-order valence-corrected chi connectivity index (χ3v) is 4.29. The minimum Gasteiger partial charge on any atom is -0.325 e. The number of carbonyl (C=O) groups excluding carboxylic acids is 1. The van der Waals surface area contributed by atoms with Crippen molar-refractivity contribution in [2.75, 3.05) is 16.9 Å². The molecule has 1 aromatic carbocycles. The Hall–Kier alpha value is -1.71. The minimum absolute atomic E-state index is 0. The van der Waals surface area contributed by atoms with Crippen molar-refractivity contribution in [3.05, 3.63) is 42.2 Å². The lowest BCUT2D eigenvalue weighted by Crippen LogP contribution is -2.37. The van der Waals surface area contributed by atoms with E-state index in [1.807, 2.05) is 0 Å². The highest BCUT2D eigenvalue weighted by molar-refractivity contribution is 7.99. The molecule has 0 saturated carbocycles. The Labute approximate surface area is 146 Å². The van der Waals surface area contributed by atoms with Gasteiger partial charge in [0.25, 0.3) is 0 Å². The Kier molecular flexibility index (Phi) is 5.79. The first-order chi connectivity index (χ1) is 10.9. The lowest BCUT2D eigenvalue weighted by molar-refractivity contribution is -0.142. The van der Waals surface area contributed by atoms with Crippen LogP contribution < -0.4 is 10.6 Å². The molecule has 130 valence electrons. The predicted octanol–water partition coefficient (Wildman–Crippen LogP) is 2.91. The third-order valence-electron chi connectivity index (χ3n) is 3.35. The summed E-state index contributed by atoms with van der Waals surface area (Å²) in [5.41, 5.74) is -0.0468. The Morgan fingerprint density at radius 2 is 2.00 bits per heavy atom. The smallest absolute Gasteiger partial charge is 0.325 e. The van der Waals surface area contributed by atoms with Crippen LogP contribution in [0.3, 0.4) is 0 Å². The average Bonchev–Trinajstić information content (AvgIpc) is 3.19. The summed E-state index contributed by atoms with van der Waals surface area (Å²) >= 11 is 1.64. The number of anilines is 1. The second-order valence-electron chi connectivity index (χ2n) is 4.93. The molecule has 1 aliphatic rings. The molecule has 2 aromatic rings. The van der Waals surface area contributed by atoms with Gasteiger partial charge in [-0.25, -0.2) is 4.68 Å². The van der Waals surface area contributed by atoms with Crippen LogP contribution in [-0.2, 0) is 11.0 Å². The lowest BCUT2D eigenvalue weighted by atomic mass is 10.2. The van der Waals surface area contributed by atoms with Gasteiger partial charge in [-0.2, -0.15) is 18.3 Å². The maximum atomic E-state index is 12.9.